The van der Waals surface area contributed by atoms with Gasteiger partial charge in [0.15, 0.2) is 0 Å². The third kappa shape index (κ3) is 6.80. The minimum absolute atomic E-state index is 0.0736. The Morgan fingerprint density at radius 2 is 1.81 bits per heavy atom. The van der Waals surface area contributed by atoms with E-state index >= 15 is 0 Å². The van der Waals surface area contributed by atoms with Gasteiger partial charge in [-0.2, -0.15) is 0 Å². The second kappa shape index (κ2) is 9.41. The van der Waals surface area contributed by atoms with Crippen LogP contribution in [0.1, 0.15) is 20.3 Å². The number of nitrogens with one attached hydrogen (secondary N) is 3. The molecular formula is C19H22FN3O3. The molecule has 0 radical (unpaired) electrons. The number of amides is 3. The molecule has 3 amide bonds. The van der Waals surface area contributed by atoms with Crippen molar-refractivity contribution in [2.45, 2.75) is 26.3 Å². The first-order valence-corrected chi connectivity index (χ1v) is 8.30. The van der Waals surface area contributed by atoms with Crippen molar-refractivity contribution in [2.75, 3.05) is 11.9 Å². The Bertz CT molecular complexity index is 748. The van der Waals surface area contributed by atoms with Gasteiger partial charge in [0.25, 0.3) is 0 Å². The van der Waals surface area contributed by atoms with Gasteiger partial charge in [-0.3, -0.25) is 4.79 Å². The van der Waals surface area contributed by atoms with Crippen LogP contribution in [0.15, 0.2) is 48.5 Å². The summed E-state index contributed by atoms with van der Waals surface area (Å²) >= 11 is 0. The first-order valence-electron chi connectivity index (χ1n) is 8.30. The Morgan fingerprint density at radius 3 is 2.46 bits per heavy atom. The van der Waals surface area contributed by atoms with E-state index in [1.54, 1.807) is 36.4 Å². The average Bonchev–Trinajstić information content (AvgIpc) is 2.56. The normalized spacial score (nSPS) is 10.3. The second-order valence-corrected chi connectivity index (χ2v) is 5.94. The molecule has 0 spiro atoms. The van der Waals surface area contributed by atoms with E-state index in [0.717, 1.165) is 0 Å². The van der Waals surface area contributed by atoms with Gasteiger partial charge >= 0.3 is 6.03 Å². The van der Waals surface area contributed by atoms with Crippen molar-refractivity contribution in [3.63, 3.8) is 0 Å². The standard InChI is InChI=1S/C19H22FN3O3/c1-13(2)22-18(24)10-11-21-19(25)23-15-6-8-16(9-7-15)26-17-5-3-4-14(20)12-17/h3-9,12-13H,10-11H2,1-2H3,(H,22,24)(H2,21,23,25). The van der Waals surface area contributed by atoms with Crippen molar-refractivity contribution in [3.8, 4) is 11.5 Å². The number of halogens is 1. The molecule has 7 heteroatoms. The topological polar surface area (TPSA) is 79.5 Å². The summed E-state index contributed by atoms with van der Waals surface area (Å²) < 4.78 is 18.7. The molecule has 0 aliphatic rings. The van der Waals surface area contributed by atoms with Gasteiger partial charge in [-0.1, -0.05) is 6.07 Å². The zero-order valence-electron chi connectivity index (χ0n) is 14.7. The lowest BCUT2D eigenvalue weighted by Crippen LogP contribution is -2.35. The maximum atomic E-state index is 13.1. The highest BCUT2D eigenvalue weighted by Crippen LogP contribution is 2.23. The van der Waals surface area contributed by atoms with E-state index in [4.69, 9.17) is 4.74 Å². The van der Waals surface area contributed by atoms with Crippen LogP contribution < -0.4 is 20.7 Å². The minimum atomic E-state index is -0.402. The summed E-state index contributed by atoms with van der Waals surface area (Å²) in [5.74, 6) is 0.425. The summed E-state index contributed by atoms with van der Waals surface area (Å²) in [7, 11) is 0. The van der Waals surface area contributed by atoms with Gasteiger partial charge in [-0.25, -0.2) is 9.18 Å². The largest absolute Gasteiger partial charge is 0.457 e. The molecule has 2 aromatic carbocycles. The number of benzene rings is 2. The lowest BCUT2D eigenvalue weighted by molar-refractivity contribution is -0.121. The number of rotatable bonds is 7. The summed E-state index contributed by atoms with van der Waals surface area (Å²) in [4.78, 5) is 23.3. The predicted octanol–water partition coefficient (Wildman–Crippen LogP) is 3.65. The zero-order valence-corrected chi connectivity index (χ0v) is 14.7. The van der Waals surface area contributed by atoms with Crippen molar-refractivity contribution in [1.82, 2.24) is 10.6 Å². The molecule has 0 bridgehead atoms. The fourth-order valence-electron chi connectivity index (χ4n) is 2.13. The molecule has 0 fully saturated rings. The first-order chi connectivity index (χ1) is 12.4. The summed E-state index contributed by atoms with van der Waals surface area (Å²) in [6.45, 7) is 3.99. The summed E-state index contributed by atoms with van der Waals surface area (Å²) in [6, 6.07) is 12.2. The molecule has 2 aromatic rings. The molecule has 0 heterocycles. The van der Waals surface area contributed by atoms with Crippen LogP contribution in [0.3, 0.4) is 0 Å². The summed E-state index contributed by atoms with van der Waals surface area (Å²) in [5.41, 5.74) is 0.570. The maximum absolute atomic E-state index is 13.1. The fourth-order valence-corrected chi connectivity index (χ4v) is 2.13. The Labute approximate surface area is 151 Å². The SMILES string of the molecule is CC(C)NC(=O)CCNC(=O)Nc1ccc(Oc2cccc(F)c2)cc1. The number of anilines is 1. The van der Waals surface area contributed by atoms with Gasteiger partial charge in [-0.05, 0) is 50.2 Å². The number of ether oxygens (including phenoxy) is 1. The lowest BCUT2D eigenvalue weighted by atomic mass is 10.3. The van der Waals surface area contributed by atoms with E-state index in [9.17, 15) is 14.0 Å². The molecule has 0 aromatic heterocycles. The van der Waals surface area contributed by atoms with Crippen LogP contribution in [0.25, 0.3) is 0 Å². The van der Waals surface area contributed by atoms with Gasteiger partial charge in [0, 0.05) is 30.8 Å². The maximum Gasteiger partial charge on any atom is 0.319 e. The third-order valence-electron chi connectivity index (χ3n) is 3.23. The molecule has 0 aliphatic heterocycles. The van der Waals surface area contributed by atoms with E-state index in [-0.39, 0.29) is 30.7 Å². The third-order valence-corrected chi connectivity index (χ3v) is 3.23. The van der Waals surface area contributed by atoms with Crippen molar-refractivity contribution in [1.29, 1.82) is 0 Å². The molecule has 0 unspecified atom stereocenters. The van der Waals surface area contributed by atoms with Crippen molar-refractivity contribution < 1.29 is 18.7 Å². The molecule has 0 saturated carbocycles. The molecule has 0 saturated heterocycles. The van der Waals surface area contributed by atoms with Gasteiger partial charge in [0.05, 0.1) is 0 Å². The Kier molecular flexibility index (Phi) is 6.96. The van der Waals surface area contributed by atoms with Crippen molar-refractivity contribution in [2.24, 2.45) is 0 Å². The second-order valence-electron chi connectivity index (χ2n) is 5.94. The first kappa shape index (κ1) is 19.2. The monoisotopic (exact) mass is 359 g/mol. The predicted molar refractivity (Wildman–Crippen MR) is 97.8 cm³/mol. The number of urea groups is 1. The summed E-state index contributed by atoms with van der Waals surface area (Å²) in [6.07, 6.45) is 0.214. The van der Waals surface area contributed by atoms with E-state index in [2.05, 4.69) is 16.0 Å². The smallest absolute Gasteiger partial charge is 0.319 e. The van der Waals surface area contributed by atoms with Crippen LogP contribution >= 0.6 is 0 Å². The van der Waals surface area contributed by atoms with Crippen LogP contribution in [0.5, 0.6) is 11.5 Å². The molecule has 138 valence electrons. The van der Waals surface area contributed by atoms with E-state index in [1.807, 2.05) is 13.8 Å². The number of hydrogen-bond acceptors (Lipinski definition) is 3. The van der Waals surface area contributed by atoms with Crippen LogP contribution in [0.4, 0.5) is 14.9 Å². The number of carbonyl (C=O) groups is 2. The van der Waals surface area contributed by atoms with Gasteiger partial charge < -0.3 is 20.7 Å². The highest BCUT2D eigenvalue weighted by atomic mass is 19.1. The highest BCUT2D eigenvalue weighted by molar-refractivity contribution is 5.89. The van der Waals surface area contributed by atoms with Gasteiger partial charge in [-0.15, -0.1) is 0 Å². The summed E-state index contributed by atoms with van der Waals surface area (Å²) in [5, 5.41) is 8.02. The quantitative estimate of drug-likeness (QED) is 0.706. The van der Waals surface area contributed by atoms with Crippen molar-refractivity contribution >= 4 is 17.6 Å². The number of carbonyl (C=O) groups excluding carboxylic acids is 2. The van der Waals surface area contributed by atoms with Gasteiger partial charge in [0.1, 0.15) is 17.3 Å². The highest BCUT2D eigenvalue weighted by Gasteiger charge is 2.06. The number of hydrogen-bond donors (Lipinski definition) is 3. The van der Waals surface area contributed by atoms with E-state index in [1.165, 1.54) is 12.1 Å². The minimum Gasteiger partial charge on any atom is -0.457 e. The Hall–Kier alpha value is -3.09. The Balaban J connectivity index is 1.77. The molecule has 0 atom stereocenters. The molecule has 0 aliphatic carbocycles. The van der Waals surface area contributed by atoms with E-state index in [0.29, 0.717) is 17.2 Å². The van der Waals surface area contributed by atoms with Crippen LogP contribution in [0.2, 0.25) is 0 Å². The molecule has 3 N–H and O–H groups in total. The lowest BCUT2D eigenvalue weighted by Gasteiger charge is -2.10. The van der Waals surface area contributed by atoms with Crippen LogP contribution in [-0.4, -0.2) is 24.5 Å². The van der Waals surface area contributed by atoms with Crippen molar-refractivity contribution in [3.05, 3.63) is 54.3 Å². The van der Waals surface area contributed by atoms with Gasteiger partial charge in [0.2, 0.25) is 5.91 Å². The zero-order chi connectivity index (χ0) is 18.9. The molecule has 26 heavy (non-hydrogen) atoms. The average molecular weight is 359 g/mol. The van der Waals surface area contributed by atoms with E-state index < -0.39 is 6.03 Å². The van der Waals surface area contributed by atoms with Crippen LogP contribution in [-0.2, 0) is 4.79 Å². The fraction of sp³-hybridized carbons (Fsp3) is 0.263. The Morgan fingerprint density at radius 1 is 1.08 bits per heavy atom. The van der Waals surface area contributed by atoms with Crippen LogP contribution in [0, 0.1) is 5.82 Å². The molecular weight excluding hydrogens is 337 g/mol. The molecule has 6 nitrogen and oxygen atoms in total. The molecule has 2 rings (SSSR count).